The molecule has 0 radical (unpaired) electrons. The summed E-state index contributed by atoms with van der Waals surface area (Å²) in [6, 6.07) is 0. The van der Waals surface area contributed by atoms with Gasteiger partial charge in [-0.1, -0.05) is 11.6 Å². The Kier molecular flexibility index (Phi) is 4.76. The Bertz CT molecular complexity index is 384. The molecule has 2 N–H and O–H groups in total. The highest BCUT2D eigenvalue weighted by atomic mass is 79.9. The largest absolute Gasteiger partial charge is 0.363 e. The van der Waals surface area contributed by atoms with Crippen molar-refractivity contribution in [3.05, 3.63) is 21.3 Å². The molecule has 0 amide bonds. The normalized spacial score (nSPS) is 9.87. The summed E-state index contributed by atoms with van der Waals surface area (Å²) >= 11 is 14.4. The van der Waals surface area contributed by atoms with Crippen LogP contribution in [0.5, 0.6) is 0 Å². The number of thiocarbonyl (C=S) groups is 1. The zero-order valence-electron chi connectivity index (χ0n) is 8.40. The lowest BCUT2D eigenvalue weighted by Gasteiger charge is -2.11. The van der Waals surface area contributed by atoms with Gasteiger partial charge in [0.2, 0.25) is 0 Å². The second kappa shape index (κ2) is 5.63. The predicted molar refractivity (Wildman–Crippen MR) is 71.6 cm³/mol. The molecule has 0 unspecified atom stereocenters. The van der Waals surface area contributed by atoms with E-state index in [1.165, 1.54) is 0 Å². The summed E-state index contributed by atoms with van der Waals surface area (Å²) < 4.78 is 0.829. The molecular weight excluding hydrogens is 298 g/mol. The van der Waals surface area contributed by atoms with E-state index in [0.717, 1.165) is 16.6 Å². The van der Waals surface area contributed by atoms with Crippen molar-refractivity contribution in [3.8, 4) is 0 Å². The van der Waals surface area contributed by atoms with Crippen LogP contribution >= 0.6 is 39.7 Å². The Morgan fingerprint density at radius 3 is 2.93 bits per heavy atom. The minimum atomic E-state index is 0.549. The molecule has 0 aromatic carbocycles. The topological polar surface area (TPSA) is 37.0 Å². The van der Waals surface area contributed by atoms with Gasteiger partial charge in [0.1, 0.15) is 5.82 Å². The van der Waals surface area contributed by atoms with E-state index in [0.29, 0.717) is 16.0 Å². The number of anilines is 1. The average molecular weight is 309 g/mol. The summed E-state index contributed by atoms with van der Waals surface area (Å²) in [4.78, 5) is 4.14. The second-order valence-electron chi connectivity index (χ2n) is 2.88. The summed E-state index contributed by atoms with van der Waals surface area (Å²) in [5, 5.41) is 7.14. The van der Waals surface area contributed by atoms with Crippen LogP contribution in [-0.2, 0) is 0 Å². The number of halogens is 2. The molecule has 0 atom stereocenters. The summed E-state index contributed by atoms with van der Waals surface area (Å²) in [5.74, 6) is 0.669. The summed E-state index contributed by atoms with van der Waals surface area (Å²) in [6.45, 7) is 4.66. The molecule has 3 nitrogen and oxygen atoms in total. The summed E-state index contributed by atoms with van der Waals surface area (Å²) in [7, 11) is 0. The van der Waals surface area contributed by atoms with E-state index in [-0.39, 0.29) is 0 Å². The molecular formula is C9H11BrClN3S. The average Bonchev–Trinajstić information content (AvgIpc) is 2.20. The molecule has 0 aliphatic heterocycles. The third kappa shape index (κ3) is 3.29. The molecule has 0 fully saturated rings. The molecule has 0 aliphatic carbocycles. The van der Waals surface area contributed by atoms with Gasteiger partial charge in [-0.05, 0) is 47.6 Å². The molecule has 0 aliphatic rings. The van der Waals surface area contributed by atoms with Gasteiger partial charge in [0, 0.05) is 12.7 Å². The minimum absolute atomic E-state index is 0.549. The maximum atomic E-state index is 5.91. The Labute approximate surface area is 108 Å². The number of nitrogens with zero attached hydrogens (tertiary/aromatic N) is 1. The first-order valence-corrected chi connectivity index (χ1v) is 5.99. The maximum Gasteiger partial charge on any atom is 0.171 e. The highest BCUT2D eigenvalue weighted by molar-refractivity contribution is 9.10. The predicted octanol–water partition coefficient (Wildman–Crippen LogP) is 3.11. The van der Waals surface area contributed by atoms with Crippen LogP contribution in [-0.4, -0.2) is 16.6 Å². The highest BCUT2D eigenvalue weighted by Gasteiger charge is 2.08. The van der Waals surface area contributed by atoms with Crippen LogP contribution in [0.15, 0.2) is 10.7 Å². The van der Waals surface area contributed by atoms with E-state index in [1.54, 1.807) is 6.20 Å². The third-order valence-electron chi connectivity index (χ3n) is 1.77. The van der Waals surface area contributed by atoms with Crippen molar-refractivity contribution in [2.45, 2.75) is 13.8 Å². The number of hydrogen-bond acceptors (Lipinski definition) is 2. The van der Waals surface area contributed by atoms with Gasteiger partial charge < -0.3 is 10.6 Å². The lowest BCUT2D eigenvalue weighted by atomic mass is 10.3. The van der Waals surface area contributed by atoms with Crippen LogP contribution in [0.2, 0.25) is 5.02 Å². The first-order chi connectivity index (χ1) is 7.06. The highest BCUT2D eigenvalue weighted by Crippen LogP contribution is 2.28. The molecule has 15 heavy (non-hydrogen) atoms. The molecule has 0 bridgehead atoms. The summed E-state index contributed by atoms with van der Waals surface area (Å²) in [5.41, 5.74) is 0.938. The lowest BCUT2D eigenvalue weighted by Crippen LogP contribution is -2.28. The van der Waals surface area contributed by atoms with Crippen molar-refractivity contribution in [3.63, 3.8) is 0 Å². The van der Waals surface area contributed by atoms with Crippen LogP contribution in [0.25, 0.3) is 0 Å². The fraction of sp³-hybridized carbons (Fsp3) is 0.333. The molecule has 0 saturated carbocycles. The van der Waals surface area contributed by atoms with Crippen molar-refractivity contribution in [2.75, 3.05) is 11.9 Å². The fourth-order valence-electron chi connectivity index (χ4n) is 0.957. The first kappa shape index (κ1) is 12.7. The van der Waals surface area contributed by atoms with E-state index < -0.39 is 0 Å². The van der Waals surface area contributed by atoms with Crippen molar-refractivity contribution < 1.29 is 0 Å². The molecule has 6 heteroatoms. The molecule has 82 valence electrons. The molecule has 1 rings (SSSR count). The number of hydrogen-bond donors (Lipinski definition) is 2. The molecule has 0 saturated heterocycles. The van der Waals surface area contributed by atoms with Crippen molar-refractivity contribution in [1.29, 1.82) is 0 Å². The first-order valence-electron chi connectivity index (χ1n) is 4.41. The van der Waals surface area contributed by atoms with Gasteiger partial charge in [0.05, 0.1) is 9.50 Å². The Hall–Kier alpha value is -0.390. The smallest absolute Gasteiger partial charge is 0.171 e. The number of rotatable bonds is 2. The van der Waals surface area contributed by atoms with Crippen LogP contribution < -0.4 is 10.6 Å². The number of nitrogens with one attached hydrogen (secondary N) is 2. The van der Waals surface area contributed by atoms with Gasteiger partial charge in [0.25, 0.3) is 0 Å². The monoisotopic (exact) mass is 307 g/mol. The maximum absolute atomic E-state index is 5.91. The molecule has 1 aromatic heterocycles. The quantitative estimate of drug-likeness (QED) is 0.823. The van der Waals surface area contributed by atoms with Crippen LogP contribution in [0.1, 0.15) is 12.5 Å². The zero-order valence-corrected chi connectivity index (χ0v) is 11.6. The van der Waals surface area contributed by atoms with Gasteiger partial charge in [-0.15, -0.1) is 0 Å². The van der Waals surface area contributed by atoms with Gasteiger partial charge in [0.15, 0.2) is 5.11 Å². The Morgan fingerprint density at radius 2 is 2.33 bits per heavy atom. The number of pyridine rings is 1. The molecule has 1 heterocycles. The lowest BCUT2D eigenvalue weighted by molar-refractivity contribution is 0.977. The van der Waals surface area contributed by atoms with Gasteiger partial charge in [-0.3, -0.25) is 0 Å². The van der Waals surface area contributed by atoms with E-state index >= 15 is 0 Å². The summed E-state index contributed by atoms with van der Waals surface area (Å²) in [6.07, 6.45) is 1.60. The second-order valence-corrected chi connectivity index (χ2v) is 4.49. The Balaban J connectivity index is 2.87. The van der Waals surface area contributed by atoms with Gasteiger partial charge >= 0.3 is 0 Å². The molecule has 1 aromatic rings. The van der Waals surface area contributed by atoms with Crippen molar-refractivity contribution >= 4 is 50.7 Å². The van der Waals surface area contributed by atoms with E-state index in [4.69, 9.17) is 23.8 Å². The zero-order chi connectivity index (χ0) is 11.4. The van der Waals surface area contributed by atoms with E-state index in [9.17, 15) is 0 Å². The van der Waals surface area contributed by atoms with Crippen molar-refractivity contribution in [2.24, 2.45) is 0 Å². The van der Waals surface area contributed by atoms with Gasteiger partial charge in [-0.25, -0.2) is 4.98 Å². The minimum Gasteiger partial charge on any atom is -0.363 e. The molecule has 0 spiro atoms. The Morgan fingerprint density at radius 1 is 1.67 bits per heavy atom. The van der Waals surface area contributed by atoms with Crippen LogP contribution in [0, 0.1) is 6.92 Å². The van der Waals surface area contributed by atoms with E-state index in [2.05, 4.69) is 31.5 Å². The van der Waals surface area contributed by atoms with Crippen LogP contribution in [0.3, 0.4) is 0 Å². The fourth-order valence-corrected chi connectivity index (χ4v) is 1.87. The number of aromatic nitrogens is 1. The van der Waals surface area contributed by atoms with Crippen LogP contribution in [0.4, 0.5) is 5.82 Å². The third-order valence-corrected chi connectivity index (χ3v) is 3.37. The van der Waals surface area contributed by atoms with E-state index in [1.807, 2.05) is 13.8 Å². The van der Waals surface area contributed by atoms with Gasteiger partial charge in [-0.2, -0.15) is 0 Å². The SMILES string of the molecule is CCNC(=S)Nc1ncc(Cl)c(C)c1Br. The standard InChI is InChI=1S/C9H11BrClN3S/c1-3-12-9(15)14-8-7(10)5(2)6(11)4-13-8/h4H,3H2,1-2H3,(H2,12,13,14,15). The van der Waals surface area contributed by atoms with Crippen molar-refractivity contribution in [1.82, 2.24) is 10.3 Å².